The summed E-state index contributed by atoms with van der Waals surface area (Å²) >= 11 is 0. The van der Waals surface area contributed by atoms with Gasteiger partial charge in [-0.05, 0) is 80.5 Å². The molecule has 1 unspecified atom stereocenters. The smallest absolute Gasteiger partial charge is 0.0658 e. The summed E-state index contributed by atoms with van der Waals surface area (Å²) in [6.07, 6.45) is 27.1. The van der Waals surface area contributed by atoms with Crippen LogP contribution in [0.15, 0.2) is 0 Å². The Hall–Kier alpha value is -0.510. The molecule has 3 fully saturated rings. The Morgan fingerprint density at radius 3 is 1.70 bits per heavy atom. The minimum Gasteiger partial charge on any atom is -0.198 e. The van der Waals surface area contributed by atoms with E-state index in [1.807, 2.05) is 0 Å². The van der Waals surface area contributed by atoms with Crippen LogP contribution < -0.4 is 0 Å². The molecule has 1 atom stereocenters. The Balaban J connectivity index is 1.34. The van der Waals surface area contributed by atoms with Crippen molar-refractivity contribution in [2.75, 3.05) is 0 Å². The third kappa shape index (κ3) is 7.28. The zero-order chi connectivity index (χ0) is 21.2. The van der Waals surface area contributed by atoms with E-state index in [-0.39, 0.29) is 0 Å². The van der Waals surface area contributed by atoms with E-state index in [1.54, 1.807) is 0 Å². The van der Waals surface area contributed by atoms with Crippen molar-refractivity contribution < 1.29 is 0 Å². The van der Waals surface area contributed by atoms with Crippen LogP contribution in [-0.4, -0.2) is 0 Å². The molecular weight excluding hydrogens is 362 g/mol. The van der Waals surface area contributed by atoms with Crippen molar-refractivity contribution in [3.8, 4) is 6.07 Å². The van der Waals surface area contributed by atoms with Crippen molar-refractivity contribution >= 4 is 0 Å². The lowest BCUT2D eigenvalue weighted by Gasteiger charge is -2.39. The molecular formula is C29H51N. The standard InChI is InChI=1S/C29H51N/c1-3-5-6-8-24-11-15-26(16-12-24)27-19-13-25(14-20-27)21-29(22-30)28-17-9-23(7-4-2)10-18-28/h23-29H,3-21H2,1-2H3. The molecule has 1 nitrogen and oxygen atoms in total. The molecule has 3 rings (SSSR count). The number of rotatable bonds is 10. The maximum Gasteiger partial charge on any atom is 0.0658 e. The molecule has 3 saturated carbocycles. The van der Waals surface area contributed by atoms with Crippen molar-refractivity contribution in [2.24, 2.45) is 41.4 Å². The first-order valence-corrected chi connectivity index (χ1v) is 14.1. The molecule has 30 heavy (non-hydrogen) atoms. The zero-order valence-electron chi connectivity index (χ0n) is 20.4. The van der Waals surface area contributed by atoms with Gasteiger partial charge in [0.2, 0.25) is 0 Å². The van der Waals surface area contributed by atoms with E-state index < -0.39 is 0 Å². The minimum absolute atomic E-state index is 0.354. The van der Waals surface area contributed by atoms with Gasteiger partial charge in [0.05, 0.1) is 6.07 Å². The van der Waals surface area contributed by atoms with Gasteiger partial charge < -0.3 is 0 Å². The molecule has 0 bridgehead atoms. The third-order valence-electron chi connectivity index (χ3n) is 9.58. The number of unbranched alkanes of at least 4 members (excludes halogenated alkanes) is 2. The fourth-order valence-corrected chi connectivity index (χ4v) is 7.52. The highest BCUT2D eigenvalue weighted by Gasteiger charge is 2.33. The molecule has 0 aliphatic heterocycles. The molecule has 0 aromatic carbocycles. The molecule has 3 aliphatic rings. The quantitative estimate of drug-likeness (QED) is 0.327. The number of nitriles is 1. The minimum atomic E-state index is 0.354. The highest BCUT2D eigenvalue weighted by molar-refractivity contribution is 4.93. The van der Waals surface area contributed by atoms with Crippen LogP contribution in [0, 0.1) is 52.8 Å². The van der Waals surface area contributed by atoms with Gasteiger partial charge in [0.25, 0.3) is 0 Å². The Kier molecular flexibility index (Phi) is 10.6. The van der Waals surface area contributed by atoms with E-state index >= 15 is 0 Å². The summed E-state index contributed by atoms with van der Waals surface area (Å²) in [6, 6.07) is 2.77. The number of nitrogens with zero attached hydrogens (tertiary/aromatic N) is 1. The highest BCUT2D eigenvalue weighted by Crippen LogP contribution is 2.45. The van der Waals surface area contributed by atoms with Gasteiger partial charge in [-0.15, -0.1) is 0 Å². The zero-order valence-corrected chi connectivity index (χ0v) is 20.4. The lowest BCUT2D eigenvalue weighted by molar-refractivity contribution is 0.128. The molecule has 0 spiro atoms. The SMILES string of the molecule is CCCCCC1CCC(C2CCC(CC(C#N)C3CCC(CCC)CC3)CC2)CC1. The van der Waals surface area contributed by atoms with Gasteiger partial charge in [0.15, 0.2) is 0 Å². The Morgan fingerprint density at radius 1 is 0.633 bits per heavy atom. The Bertz CT molecular complexity index is 481. The largest absolute Gasteiger partial charge is 0.198 e. The van der Waals surface area contributed by atoms with Gasteiger partial charge in [-0.3, -0.25) is 0 Å². The van der Waals surface area contributed by atoms with Gasteiger partial charge >= 0.3 is 0 Å². The lowest BCUT2D eigenvalue weighted by Crippen LogP contribution is -2.28. The second-order valence-electron chi connectivity index (χ2n) is 11.6. The molecule has 0 aromatic rings. The monoisotopic (exact) mass is 413 g/mol. The predicted octanol–water partition coefficient (Wildman–Crippen LogP) is 9.32. The average Bonchev–Trinajstić information content (AvgIpc) is 2.79. The van der Waals surface area contributed by atoms with Gasteiger partial charge in [-0.1, -0.05) is 90.9 Å². The maximum absolute atomic E-state index is 9.89. The highest BCUT2D eigenvalue weighted by atomic mass is 14.4. The van der Waals surface area contributed by atoms with Crippen molar-refractivity contribution in [1.29, 1.82) is 5.26 Å². The van der Waals surface area contributed by atoms with Crippen LogP contribution in [0.2, 0.25) is 0 Å². The summed E-state index contributed by atoms with van der Waals surface area (Å²) in [4.78, 5) is 0. The third-order valence-corrected chi connectivity index (χ3v) is 9.58. The van der Waals surface area contributed by atoms with Crippen LogP contribution in [0.1, 0.15) is 136 Å². The fourth-order valence-electron chi connectivity index (χ4n) is 7.52. The first-order chi connectivity index (χ1) is 14.7. The van der Waals surface area contributed by atoms with Crippen LogP contribution in [0.5, 0.6) is 0 Å². The number of hydrogen-bond acceptors (Lipinski definition) is 1. The van der Waals surface area contributed by atoms with Crippen LogP contribution in [-0.2, 0) is 0 Å². The van der Waals surface area contributed by atoms with E-state index in [1.165, 1.54) is 122 Å². The van der Waals surface area contributed by atoms with Gasteiger partial charge in [0, 0.05) is 5.92 Å². The van der Waals surface area contributed by atoms with Crippen molar-refractivity contribution in [3.63, 3.8) is 0 Å². The number of hydrogen-bond donors (Lipinski definition) is 0. The molecule has 172 valence electrons. The molecule has 3 aliphatic carbocycles. The van der Waals surface area contributed by atoms with E-state index in [4.69, 9.17) is 0 Å². The summed E-state index contributed by atoms with van der Waals surface area (Å²) in [6.45, 7) is 4.64. The summed E-state index contributed by atoms with van der Waals surface area (Å²) in [5, 5.41) is 9.89. The molecule has 0 radical (unpaired) electrons. The molecule has 0 heterocycles. The van der Waals surface area contributed by atoms with Gasteiger partial charge in [-0.25, -0.2) is 0 Å². The van der Waals surface area contributed by atoms with Crippen LogP contribution in [0.25, 0.3) is 0 Å². The first-order valence-electron chi connectivity index (χ1n) is 14.1. The Labute approximate surface area is 188 Å². The van der Waals surface area contributed by atoms with E-state index in [9.17, 15) is 5.26 Å². The maximum atomic E-state index is 9.89. The second kappa shape index (κ2) is 13.1. The topological polar surface area (TPSA) is 23.8 Å². The summed E-state index contributed by atoms with van der Waals surface area (Å²) in [7, 11) is 0. The van der Waals surface area contributed by atoms with Gasteiger partial charge in [-0.2, -0.15) is 5.26 Å². The summed E-state index contributed by atoms with van der Waals surface area (Å²) < 4.78 is 0. The fraction of sp³-hybridized carbons (Fsp3) is 0.966. The molecule has 1 heteroatoms. The van der Waals surface area contributed by atoms with Crippen LogP contribution >= 0.6 is 0 Å². The van der Waals surface area contributed by atoms with Crippen molar-refractivity contribution in [1.82, 2.24) is 0 Å². The molecule has 0 saturated heterocycles. The van der Waals surface area contributed by atoms with E-state index in [0.29, 0.717) is 11.8 Å². The van der Waals surface area contributed by atoms with Crippen molar-refractivity contribution in [3.05, 3.63) is 0 Å². The average molecular weight is 414 g/mol. The van der Waals surface area contributed by atoms with Gasteiger partial charge in [0.1, 0.15) is 0 Å². The summed E-state index contributed by atoms with van der Waals surface area (Å²) in [5.41, 5.74) is 0. The second-order valence-corrected chi connectivity index (χ2v) is 11.6. The van der Waals surface area contributed by atoms with E-state index in [2.05, 4.69) is 19.9 Å². The molecule has 0 aromatic heterocycles. The molecule has 0 N–H and O–H groups in total. The van der Waals surface area contributed by atoms with E-state index in [0.717, 1.165) is 29.6 Å². The first kappa shape index (κ1) is 24.1. The predicted molar refractivity (Wildman–Crippen MR) is 129 cm³/mol. The Morgan fingerprint density at radius 2 is 1.17 bits per heavy atom. The van der Waals surface area contributed by atoms with Crippen molar-refractivity contribution in [2.45, 2.75) is 136 Å². The summed E-state index contributed by atoms with van der Waals surface area (Å²) in [5.74, 6) is 5.98. The van der Waals surface area contributed by atoms with Crippen LogP contribution in [0.4, 0.5) is 0 Å². The lowest BCUT2D eigenvalue weighted by atomic mass is 9.66. The normalized spacial score (nSPS) is 36.2. The molecule has 0 amide bonds. The van der Waals surface area contributed by atoms with Crippen LogP contribution in [0.3, 0.4) is 0 Å².